The Morgan fingerprint density at radius 3 is 1.63 bits per heavy atom. The van der Waals surface area contributed by atoms with Crippen molar-refractivity contribution in [1.29, 1.82) is 0 Å². The average molecular weight is 353 g/mol. The quantitative estimate of drug-likeness (QED) is 0.496. The van der Waals surface area contributed by atoms with Gasteiger partial charge in [-0.2, -0.15) is 0 Å². The van der Waals surface area contributed by atoms with Gasteiger partial charge in [0.25, 0.3) is 0 Å². The van der Waals surface area contributed by atoms with Gasteiger partial charge in [0.2, 0.25) is 0 Å². The number of benzene rings is 2. The van der Waals surface area contributed by atoms with Crippen LogP contribution in [0.1, 0.15) is 29.5 Å². The smallest absolute Gasteiger partial charge is 0.00882 e. The van der Waals surface area contributed by atoms with E-state index in [1.165, 1.54) is 16.7 Å². The molecule has 0 saturated heterocycles. The normalized spacial score (nSPS) is 13.6. The summed E-state index contributed by atoms with van der Waals surface area (Å²) < 4.78 is 0. The molecule has 136 valence electrons. The molecule has 27 heavy (non-hydrogen) atoms. The van der Waals surface area contributed by atoms with Crippen LogP contribution in [-0.4, -0.2) is 0 Å². The van der Waals surface area contributed by atoms with Crippen LogP contribution in [-0.2, 0) is 6.42 Å². The Balaban J connectivity index is 0.000000134. The maximum atomic E-state index is 3.63. The zero-order valence-electron chi connectivity index (χ0n) is 15.9. The first-order valence-electron chi connectivity index (χ1n) is 9.45. The molecule has 2 aromatic rings. The molecule has 0 nitrogen and oxygen atoms in total. The molecule has 0 heteroatoms. The molecule has 5 rings (SSSR count). The third-order valence-corrected chi connectivity index (χ3v) is 4.04. The lowest BCUT2D eigenvalue weighted by atomic mass is 10.1. The fourth-order valence-corrected chi connectivity index (χ4v) is 2.57. The van der Waals surface area contributed by atoms with E-state index in [1.807, 2.05) is 36.4 Å². The minimum Gasteiger partial charge on any atom is -0.0985 e. The van der Waals surface area contributed by atoms with Gasteiger partial charge in [-0.3, -0.25) is 0 Å². The molecule has 3 aliphatic rings. The van der Waals surface area contributed by atoms with Gasteiger partial charge in [0.05, 0.1) is 0 Å². The zero-order valence-corrected chi connectivity index (χ0v) is 15.9. The third kappa shape index (κ3) is 8.69. The number of rotatable bonds is 1. The van der Waals surface area contributed by atoms with Crippen LogP contribution >= 0.6 is 0 Å². The van der Waals surface area contributed by atoms with Gasteiger partial charge in [-0.15, -0.1) is 0 Å². The van der Waals surface area contributed by atoms with Gasteiger partial charge in [-0.05, 0) is 36.0 Å². The van der Waals surface area contributed by atoms with Crippen molar-refractivity contribution < 1.29 is 0 Å². The fraction of sp³-hybridized carbons (Fsp3) is 0.111. The van der Waals surface area contributed by atoms with Crippen LogP contribution in [0.2, 0.25) is 0 Å². The van der Waals surface area contributed by atoms with E-state index in [0.29, 0.717) is 0 Å². The second-order valence-corrected chi connectivity index (χ2v) is 6.10. The maximum absolute atomic E-state index is 3.63. The predicted molar refractivity (Wildman–Crippen MR) is 122 cm³/mol. The molecule has 0 N–H and O–H groups in total. The summed E-state index contributed by atoms with van der Waals surface area (Å²) in [4.78, 5) is 0. The second-order valence-electron chi connectivity index (χ2n) is 6.10. The Labute approximate surface area is 164 Å². The first-order chi connectivity index (χ1) is 13.4. The van der Waals surface area contributed by atoms with Gasteiger partial charge in [0.15, 0.2) is 0 Å². The molecule has 0 fully saturated rings. The fourth-order valence-electron chi connectivity index (χ4n) is 2.57. The lowest BCUT2D eigenvalue weighted by Crippen LogP contribution is -1.76. The van der Waals surface area contributed by atoms with E-state index in [0.717, 1.165) is 19.3 Å². The maximum Gasteiger partial charge on any atom is -0.00882 e. The van der Waals surface area contributed by atoms with Crippen molar-refractivity contribution in [2.45, 2.75) is 19.3 Å². The summed E-state index contributed by atoms with van der Waals surface area (Å²) in [5, 5.41) is 0. The highest BCUT2D eigenvalue weighted by Crippen LogP contribution is 2.17. The number of allylic oxidation sites excluding steroid dienone is 9. The molecule has 0 atom stereocenters. The van der Waals surface area contributed by atoms with Gasteiger partial charge in [-0.25, -0.2) is 0 Å². The minimum atomic E-state index is 1.12. The van der Waals surface area contributed by atoms with Crippen LogP contribution in [0.3, 0.4) is 0 Å². The number of fused-ring (bicyclic) bond motifs is 1. The lowest BCUT2D eigenvalue weighted by Gasteiger charge is -1.93. The topological polar surface area (TPSA) is 0 Å². The Kier molecular flexibility index (Phi) is 9.82. The molecule has 0 aliphatic heterocycles. The lowest BCUT2D eigenvalue weighted by molar-refractivity contribution is 1.31. The number of hydrogen-bond donors (Lipinski definition) is 0. The minimum absolute atomic E-state index is 1.12. The van der Waals surface area contributed by atoms with E-state index in [2.05, 4.69) is 91.6 Å². The molecule has 0 spiro atoms. The molecule has 0 unspecified atom stereocenters. The van der Waals surface area contributed by atoms with Crippen molar-refractivity contribution in [2.24, 2.45) is 0 Å². The molecule has 0 radical (unpaired) electrons. The third-order valence-electron chi connectivity index (χ3n) is 4.04. The van der Waals surface area contributed by atoms with Gasteiger partial charge in [0, 0.05) is 0 Å². The van der Waals surface area contributed by atoms with Crippen LogP contribution in [0.25, 0.3) is 12.2 Å². The van der Waals surface area contributed by atoms with Gasteiger partial charge >= 0.3 is 0 Å². The van der Waals surface area contributed by atoms with Crippen LogP contribution < -0.4 is 0 Å². The summed E-state index contributed by atoms with van der Waals surface area (Å²) in [6, 6.07) is 18.5. The van der Waals surface area contributed by atoms with Crippen LogP contribution in [0, 0.1) is 0 Å². The molecule has 0 aromatic heterocycles. The molecule has 0 bridgehead atoms. The molecule has 0 heterocycles. The predicted octanol–water partition coefficient (Wildman–Crippen LogP) is 7.59. The second kappa shape index (κ2) is 13.1. The highest BCUT2D eigenvalue weighted by atomic mass is 14.0. The molecular formula is C27H28. The van der Waals surface area contributed by atoms with E-state index in [4.69, 9.17) is 0 Å². The Bertz CT molecular complexity index is 772. The molecular weight excluding hydrogens is 324 g/mol. The van der Waals surface area contributed by atoms with Crippen molar-refractivity contribution in [3.8, 4) is 0 Å². The van der Waals surface area contributed by atoms with E-state index in [9.17, 15) is 0 Å². The Morgan fingerprint density at radius 2 is 1.19 bits per heavy atom. The molecule has 0 amide bonds. The van der Waals surface area contributed by atoms with Crippen molar-refractivity contribution in [1.82, 2.24) is 0 Å². The van der Waals surface area contributed by atoms with Crippen LogP contribution in [0.4, 0.5) is 0 Å². The van der Waals surface area contributed by atoms with Crippen LogP contribution in [0.15, 0.2) is 116 Å². The summed E-state index contributed by atoms with van der Waals surface area (Å²) in [7, 11) is 0. The highest BCUT2D eigenvalue weighted by molar-refractivity contribution is 5.59. The van der Waals surface area contributed by atoms with E-state index in [1.54, 1.807) is 0 Å². The van der Waals surface area contributed by atoms with Crippen molar-refractivity contribution in [2.75, 3.05) is 0 Å². The zero-order chi connectivity index (χ0) is 19.0. The summed E-state index contributed by atoms with van der Waals surface area (Å²) in [5.41, 5.74) is 4.02. The van der Waals surface area contributed by atoms with Crippen molar-refractivity contribution >= 4 is 12.2 Å². The van der Waals surface area contributed by atoms with Gasteiger partial charge in [-0.1, -0.05) is 128 Å². The Hall–Kier alpha value is -3.12. The van der Waals surface area contributed by atoms with Crippen molar-refractivity contribution in [3.05, 3.63) is 133 Å². The van der Waals surface area contributed by atoms with Crippen LogP contribution in [0.5, 0.6) is 0 Å². The highest BCUT2D eigenvalue weighted by Gasteiger charge is 2.00. The monoisotopic (exact) mass is 352 g/mol. The first-order valence-corrected chi connectivity index (χ1v) is 9.45. The summed E-state index contributed by atoms with van der Waals surface area (Å²) in [6.45, 7) is 3.63. The largest absolute Gasteiger partial charge is 0.0985 e. The molecule has 2 aromatic carbocycles. The summed E-state index contributed by atoms with van der Waals surface area (Å²) in [6.07, 6.45) is 26.3. The van der Waals surface area contributed by atoms with E-state index in [-0.39, 0.29) is 0 Å². The van der Waals surface area contributed by atoms with Gasteiger partial charge in [0.1, 0.15) is 0 Å². The summed E-state index contributed by atoms with van der Waals surface area (Å²) in [5.74, 6) is 0. The standard InChI is InChI=1S/C9H8.C8H8.2C5H6/c1-2-5-9-7-3-6-8(9)4-1;1-2-8-6-4-3-5-7-8;2*1-2-4-5-3-1/h1-6H,7H2;2-7H,1H2;2*1-4H,5H2. The molecule has 0 saturated carbocycles. The van der Waals surface area contributed by atoms with Gasteiger partial charge < -0.3 is 0 Å². The SMILES string of the molecule is C1=CCC=C1.C1=CCC=C1.C1=Cc2ccccc2C1.C=Cc1ccccc1. The Morgan fingerprint density at radius 1 is 0.630 bits per heavy atom. The van der Waals surface area contributed by atoms with Crippen molar-refractivity contribution in [3.63, 3.8) is 0 Å². The summed E-state index contributed by atoms with van der Waals surface area (Å²) >= 11 is 0. The first kappa shape index (κ1) is 20.2. The number of hydrogen-bond acceptors (Lipinski definition) is 0. The average Bonchev–Trinajstić information content (AvgIpc) is 3.54. The van der Waals surface area contributed by atoms with E-state index >= 15 is 0 Å². The van der Waals surface area contributed by atoms with E-state index < -0.39 is 0 Å². The molecule has 3 aliphatic carbocycles.